The van der Waals surface area contributed by atoms with Gasteiger partial charge in [0, 0.05) is 11.6 Å². The van der Waals surface area contributed by atoms with Gasteiger partial charge in [0.2, 0.25) is 5.88 Å². The van der Waals surface area contributed by atoms with Crippen LogP contribution < -0.4 is 10.1 Å². The van der Waals surface area contributed by atoms with Gasteiger partial charge in [0.1, 0.15) is 22.8 Å². The van der Waals surface area contributed by atoms with Crippen LogP contribution in [0.25, 0.3) is 11.3 Å². The van der Waals surface area contributed by atoms with Crippen LogP contribution in [0.4, 0.5) is 5.88 Å². The number of carbonyl (C=O) groups excluding carboxylic acids is 2. The fraction of sp³-hybridized carbons (Fsp3) is 0.150. The lowest BCUT2D eigenvalue weighted by atomic mass is 10.1. The van der Waals surface area contributed by atoms with Gasteiger partial charge in [0.15, 0.2) is 6.61 Å². The van der Waals surface area contributed by atoms with Gasteiger partial charge in [0.05, 0.1) is 7.11 Å². The maximum atomic E-state index is 12.1. The van der Waals surface area contributed by atoms with Crippen molar-refractivity contribution in [3.63, 3.8) is 0 Å². The van der Waals surface area contributed by atoms with Crippen LogP contribution in [0.1, 0.15) is 15.9 Å². The Labute approximate surface area is 160 Å². The zero-order chi connectivity index (χ0) is 20.1. The minimum Gasteiger partial charge on any atom is -0.507 e. The smallest absolute Gasteiger partial charge is 0.342 e. The van der Waals surface area contributed by atoms with E-state index in [1.54, 1.807) is 6.07 Å². The first-order chi connectivity index (χ1) is 13.5. The van der Waals surface area contributed by atoms with Crippen LogP contribution in [-0.2, 0) is 9.53 Å². The Bertz CT molecular complexity index is 994. The summed E-state index contributed by atoms with van der Waals surface area (Å²) < 4.78 is 15.0. The van der Waals surface area contributed by atoms with E-state index in [1.807, 2.05) is 31.2 Å². The van der Waals surface area contributed by atoms with E-state index in [-0.39, 0.29) is 17.2 Å². The second-order valence-electron chi connectivity index (χ2n) is 5.95. The number of aromatic hydroxyl groups is 1. The number of phenolic OH excluding ortho intramolecular Hbond substituents is 1. The molecular formula is C20H18N2O6. The minimum atomic E-state index is -0.857. The molecule has 0 aliphatic carbocycles. The molecule has 0 saturated carbocycles. The van der Waals surface area contributed by atoms with Crippen molar-refractivity contribution >= 4 is 17.8 Å². The predicted molar refractivity (Wildman–Crippen MR) is 100 cm³/mol. The van der Waals surface area contributed by atoms with Gasteiger partial charge in [-0.2, -0.15) is 0 Å². The third-order valence-corrected chi connectivity index (χ3v) is 3.88. The molecule has 1 heterocycles. The Morgan fingerprint density at radius 1 is 1.14 bits per heavy atom. The molecule has 28 heavy (non-hydrogen) atoms. The summed E-state index contributed by atoms with van der Waals surface area (Å²) in [5, 5.41) is 16.1. The number of aromatic nitrogens is 1. The summed E-state index contributed by atoms with van der Waals surface area (Å²) in [7, 11) is 1.43. The number of esters is 1. The summed E-state index contributed by atoms with van der Waals surface area (Å²) in [6.45, 7) is 1.42. The first-order valence-electron chi connectivity index (χ1n) is 8.34. The van der Waals surface area contributed by atoms with E-state index in [0.29, 0.717) is 11.4 Å². The summed E-state index contributed by atoms with van der Waals surface area (Å²) >= 11 is 0. The number of benzene rings is 2. The number of hydrogen-bond acceptors (Lipinski definition) is 7. The molecule has 1 amide bonds. The lowest BCUT2D eigenvalue weighted by Gasteiger charge is -2.07. The summed E-state index contributed by atoms with van der Waals surface area (Å²) in [5.74, 6) is -1.24. The Hall–Kier alpha value is -3.81. The maximum absolute atomic E-state index is 12.1. The van der Waals surface area contributed by atoms with Crippen LogP contribution in [0, 0.1) is 6.92 Å². The van der Waals surface area contributed by atoms with Crippen molar-refractivity contribution < 1.29 is 28.7 Å². The molecule has 0 bridgehead atoms. The van der Waals surface area contributed by atoms with E-state index in [0.717, 1.165) is 11.1 Å². The van der Waals surface area contributed by atoms with E-state index in [9.17, 15) is 14.7 Å². The second-order valence-corrected chi connectivity index (χ2v) is 5.95. The van der Waals surface area contributed by atoms with E-state index in [1.165, 1.54) is 25.3 Å². The third-order valence-electron chi connectivity index (χ3n) is 3.88. The molecule has 0 fully saturated rings. The molecule has 0 radical (unpaired) electrons. The number of nitrogens with one attached hydrogen (secondary N) is 1. The van der Waals surface area contributed by atoms with Crippen molar-refractivity contribution in [2.24, 2.45) is 0 Å². The summed E-state index contributed by atoms with van der Waals surface area (Å²) in [6, 6.07) is 13.3. The summed E-state index contributed by atoms with van der Waals surface area (Å²) in [6.07, 6.45) is 0. The molecule has 3 aromatic rings. The number of nitrogens with zero attached hydrogens (tertiary/aromatic N) is 1. The Balaban J connectivity index is 1.57. The molecule has 0 unspecified atom stereocenters. The molecule has 0 atom stereocenters. The average Bonchev–Trinajstić information content (AvgIpc) is 3.15. The molecule has 0 aliphatic heterocycles. The molecule has 3 rings (SSSR count). The number of methoxy groups -OCH3 is 1. The molecule has 2 aromatic carbocycles. The van der Waals surface area contributed by atoms with Crippen molar-refractivity contribution in [3.05, 3.63) is 59.7 Å². The van der Waals surface area contributed by atoms with Gasteiger partial charge >= 0.3 is 5.97 Å². The van der Waals surface area contributed by atoms with Crippen molar-refractivity contribution in [1.82, 2.24) is 5.16 Å². The van der Waals surface area contributed by atoms with Crippen molar-refractivity contribution in [3.8, 4) is 22.8 Å². The number of carbonyl (C=O) groups is 2. The van der Waals surface area contributed by atoms with Gasteiger partial charge in [-0.05, 0) is 25.1 Å². The highest BCUT2D eigenvalue weighted by Gasteiger charge is 2.16. The largest absolute Gasteiger partial charge is 0.507 e. The average molecular weight is 382 g/mol. The van der Waals surface area contributed by atoms with E-state index in [4.69, 9.17) is 14.0 Å². The lowest BCUT2D eigenvalue weighted by Crippen LogP contribution is -2.20. The molecule has 2 N–H and O–H groups in total. The first-order valence-corrected chi connectivity index (χ1v) is 8.34. The first kappa shape index (κ1) is 19.0. The van der Waals surface area contributed by atoms with E-state index in [2.05, 4.69) is 10.5 Å². The molecule has 8 nitrogen and oxygen atoms in total. The van der Waals surface area contributed by atoms with Gasteiger partial charge in [-0.15, -0.1) is 0 Å². The highest BCUT2D eigenvalue weighted by molar-refractivity contribution is 5.96. The van der Waals surface area contributed by atoms with Gasteiger partial charge in [-0.25, -0.2) is 4.79 Å². The van der Waals surface area contributed by atoms with Crippen LogP contribution in [0.2, 0.25) is 0 Å². The zero-order valence-electron chi connectivity index (χ0n) is 15.3. The number of phenols is 1. The van der Waals surface area contributed by atoms with Crippen LogP contribution in [-0.4, -0.2) is 35.9 Å². The van der Waals surface area contributed by atoms with E-state index >= 15 is 0 Å². The quantitative estimate of drug-likeness (QED) is 0.630. The minimum absolute atomic E-state index is 0.103. The Morgan fingerprint density at radius 2 is 1.89 bits per heavy atom. The predicted octanol–water partition coefficient (Wildman–Crippen LogP) is 3.16. The number of rotatable bonds is 6. The monoisotopic (exact) mass is 382 g/mol. The van der Waals surface area contributed by atoms with Crippen LogP contribution in [0.5, 0.6) is 11.5 Å². The van der Waals surface area contributed by atoms with Gasteiger partial charge in [-0.3, -0.25) is 10.1 Å². The Kier molecular flexibility index (Phi) is 5.59. The van der Waals surface area contributed by atoms with Crippen LogP contribution in [0.3, 0.4) is 0 Å². The Morgan fingerprint density at radius 3 is 2.61 bits per heavy atom. The standard InChI is InChI=1S/C20H18N2O6/c1-12-3-5-13(6-4-12)16-10-19(28-22-16)21-18(24)11-27-20(25)15-9-14(26-2)7-8-17(15)23/h3-10,23H,11H2,1-2H3,(H,21,24). The molecule has 1 aromatic heterocycles. The van der Waals surface area contributed by atoms with Crippen molar-refractivity contribution in [2.75, 3.05) is 19.0 Å². The maximum Gasteiger partial charge on any atom is 0.342 e. The number of anilines is 1. The highest BCUT2D eigenvalue weighted by atomic mass is 16.5. The molecular weight excluding hydrogens is 364 g/mol. The van der Waals surface area contributed by atoms with Crippen molar-refractivity contribution in [2.45, 2.75) is 6.92 Å². The topological polar surface area (TPSA) is 111 Å². The van der Waals surface area contributed by atoms with Gasteiger partial charge in [0.25, 0.3) is 5.91 Å². The van der Waals surface area contributed by atoms with Crippen LogP contribution in [0.15, 0.2) is 53.1 Å². The number of aryl methyl sites for hydroxylation is 1. The fourth-order valence-corrected chi connectivity index (χ4v) is 2.38. The van der Waals surface area contributed by atoms with Crippen LogP contribution >= 0.6 is 0 Å². The zero-order valence-corrected chi connectivity index (χ0v) is 15.3. The molecule has 144 valence electrons. The second kappa shape index (κ2) is 8.26. The van der Waals surface area contributed by atoms with E-state index < -0.39 is 18.5 Å². The molecule has 0 spiro atoms. The summed E-state index contributed by atoms with van der Waals surface area (Å²) in [5.41, 5.74) is 2.42. The molecule has 8 heteroatoms. The SMILES string of the molecule is COc1ccc(O)c(C(=O)OCC(=O)Nc2cc(-c3ccc(C)cc3)no2)c1. The fourth-order valence-electron chi connectivity index (χ4n) is 2.38. The normalized spacial score (nSPS) is 10.4. The number of hydrogen-bond donors (Lipinski definition) is 2. The summed E-state index contributed by atoms with van der Waals surface area (Å²) in [4.78, 5) is 24.0. The number of ether oxygens (including phenoxy) is 2. The highest BCUT2D eigenvalue weighted by Crippen LogP contribution is 2.24. The van der Waals surface area contributed by atoms with Crippen molar-refractivity contribution in [1.29, 1.82) is 0 Å². The van der Waals surface area contributed by atoms with Gasteiger partial charge < -0.3 is 19.1 Å². The lowest BCUT2D eigenvalue weighted by molar-refractivity contribution is -0.119. The molecule has 0 saturated heterocycles. The number of amides is 1. The van der Waals surface area contributed by atoms with Gasteiger partial charge in [-0.1, -0.05) is 35.0 Å². The molecule has 0 aliphatic rings. The third kappa shape index (κ3) is 4.47.